The van der Waals surface area contributed by atoms with Crippen LogP contribution >= 0.6 is 0 Å². The van der Waals surface area contributed by atoms with Gasteiger partial charge in [-0.1, -0.05) is 18.2 Å². The second-order valence-corrected chi connectivity index (χ2v) is 5.81. The second-order valence-electron chi connectivity index (χ2n) is 5.81. The fourth-order valence-electron chi connectivity index (χ4n) is 2.77. The molecule has 0 radical (unpaired) electrons. The van der Waals surface area contributed by atoms with Gasteiger partial charge in [0.25, 0.3) is 5.91 Å². The first-order chi connectivity index (χ1) is 12.7. The number of pyridine rings is 2. The van der Waals surface area contributed by atoms with Crippen molar-refractivity contribution in [2.75, 3.05) is 5.32 Å². The zero-order valence-electron chi connectivity index (χ0n) is 13.8. The lowest BCUT2D eigenvalue weighted by molar-refractivity contribution is 0.102. The van der Waals surface area contributed by atoms with Gasteiger partial charge in [0.05, 0.1) is 16.8 Å². The summed E-state index contributed by atoms with van der Waals surface area (Å²) in [5.41, 5.74) is 3.41. The Bertz CT molecular complexity index is 1080. The average Bonchev–Trinajstić information content (AvgIpc) is 2.69. The summed E-state index contributed by atoms with van der Waals surface area (Å²) in [6.45, 7) is 0. The number of anilines is 1. The van der Waals surface area contributed by atoms with Gasteiger partial charge in [-0.3, -0.25) is 9.78 Å². The maximum absolute atomic E-state index is 12.9. The van der Waals surface area contributed by atoms with Crippen molar-refractivity contribution in [3.05, 3.63) is 84.7 Å². The number of hydrogen-bond acceptors (Lipinski definition) is 4. The number of amides is 1. The lowest BCUT2D eigenvalue weighted by Crippen LogP contribution is -2.13. The van der Waals surface area contributed by atoms with Gasteiger partial charge in [0.1, 0.15) is 5.75 Å². The van der Waals surface area contributed by atoms with Crippen molar-refractivity contribution in [2.45, 2.75) is 0 Å². The Morgan fingerprint density at radius 2 is 1.77 bits per heavy atom. The molecule has 126 valence electrons. The number of phenols is 1. The highest BCUT2D eigenvalue weighted by Crippen LogP contribution is 2.25. The Morgan fingerprint density at radius 3 is 2.54 bits per heavy atom. The molecule has 0 spiro atoms. The number of nitrogens with zero attached hydrogens (tertiary/aromatic N) is 2. The first kappa shape index (κ1) is 15.8. The SMILES string of the molecule is O=C(Nc1ccc(O)cc1)c1cc(-c2cccnc2)nc2ccccc12. The largest absolute Gasteiger partial charge is 0.508 e. The number of aromatic hydroxyl groups is 1. The summed E-state index contributed by atoms with van der Waals surface area (Å²) in [7, 11) is 0. The normalized spacial score (nSPS) is 10.6. The molecule has 26 heavy (non-hydrogen) atoms. The van der Waals surface area contributed by atoms with Gasteiger partial charge in [-0.25, -0.2) is 4.98 Å². The van der Waals surface area contributed by atoms with Gasteiger partial charge < -0.3 is 10.4 Å². The number of nitrogens with one attached hydrogen (secondary N) is 1. The molecule has 4 aromatic rings. The molecule has 2 aromatic heterocycles. The number of fused-ring (bicyclic) bond motifs is 1. The molecule has 0 unspecified atom stereocenters. The van der Waals surface area contributed by atoms with Crippen LogP contribution in [0.5, 0.6) is 5.75 Å². The Labute approximate surface area is 150 Å². The number of aromatic nitrogens is 2. The number of hydrogen-bond donors (Lipinski definition) is 2. The lowest BCUT2D eigenvalue weighted by atomic mass is 10.0. The van der Waals surface area contributed by atoms with E-state index in [1.165, 1.54) is 12.1 Å². The van der Waals surface area contributed by atoms with Gasteiger partial charge in [0, 0.05) is 29.0 Å². The molecule has 5 heteroatoms. The summed E-state index contributed by atoms with van der Waals surface area (Å²) in [5.74, 6) is -0.0874. The lowest BCUT2D eigenvalue weighted by Gasteiger charge is -2.10. The summed E-state index contributed by atoms with van der Waals surface area (Å²) < 4.78 is 0. The predicted octanol–water partition coefficient (Wildman–Crippen LogP) is 4.25. The minimum atomic E-state index is -0.237. The summed E-state index contributed by atoms with van der Waals surface area (Å²) >= 11 is 0. The zero-order valence-corrected chi connectivity index (χ0v) is 13.8. The maximum Gasteiger partial charge on any atom is 0.256 e. The molecule has 0 saturated carbocycles. The summed E-state index contributed by atoms with van der Waals surface area (Å²) in [5, 5.41) is 13.0. The maximum atomic E-state index is 12.9. The minimum absolute atomic E-state index is 0.149. The van der Waals surface area contributed by atoms with Gasteiger partial charge in [0.15, 0.2) is 0 Å². The smallest absolute Gasteiger partial charge is 0.256 e. The van der Waals surface area contributed by atoms with Crippen LogP contribution in [0.4, 0.5) is 5.69 Å². The molecule has 0 aliphatic heterocycles. The quantitative estimate of drug-likeness (QED) is 0.546. The van der Waals surface area contributed by atoms with E-state index in [2.05, 4.69) is 15.3 Å². The van der Waals surface area contributed by atoms with Crippen molar-refractivity contribution in [1.29, 1.82) is 0 Å². The molecular weight excluding hydrogens is 326 g/mol. The van der Waals surface area contributed by atoms with E-state index in [4.69, 9.17) is 0 Å². The minimum Gasteiger partial charge on any atom is -0.508 e. The number of para-hydroxylation sites is 1. The van der Waals surface area contributed by atoms with Crippen LogP contribution < -0.4 is 5.32 Å². The van der Waals surface area contributed by atoms with Crippen molar-refractivity contribution < 1.29 is 9.90 Å². The van der Waals surface area contributed by atoms with Gasteiger partial charge in [-0.05, 0) is 48.5 Å². The first-order valence-corrected chi connectivity index (χ1v) is 8.11. The summed E-state index contributed by atoms with van der Waals surface area (Å²) in [6, 6.07) is 19.4. The molecule has 0 aliphatic rings. The van der Waals surface area contributed by atoms with E-state index in [1.807, 2.05) is 36.4 Å². The van der Waals surface area contributed by atoms with Crippen molar-refractivity contribution in [3.63, 3.8) is 0 Å². The van der Waals surface area contributed by atoms with Crippen molar-refractivity contribution in [3.8, 4) is 17.0 Å². The third kappa shape index (κ3) is 3.10. The van der Waals surface area contributed by atoms with Crippen molar-refractivity contribution in [1.82, 2.24) is 9.97 Å². The molecule has 2 aromatic carbocycles. The molecule has 0 bridgehead atoms. The topological polar surface area (TPSA) is 75.1 Å². The zero-order chi connectivity index (χ0) is 17.9. The molecular formula is C21H15N3O2. The molecule has 4 rings (SSSR count). The van der Waals surface area contributed by atoms with E-state index in [0.29, 0.717) is 16.9 Å². The van der Waals surface area contributed by atoms with Gasteiger partial charge in [-0.2, -0.15) is 0 Å². The molecule has 1 amide bonds. The fourth-order valence-corrected chi connectivity index (χ4v) is 2.77. The van der Waals surface area contributed by atoms with E-state index in [9.17, 15) is 9.90 Å². The Kier molecular flexibility index (Phi) is 4.03. The molecule has 0 fully saturated rings. The van der Waals surface area contributed by atoms with Gasteiger partial charge >= 0.3 is 0 Å². The first-order valence-electron chi connectivity index (χ1n) is 8.11. The summed E-state index contributed by atoms with van der Waals surface area (Å²) in [6.07, 6.45) is 3.42. The van der Waals surface area contributed by atoms with Crippen LogP contribution in [0, 0.1) is 0 Å². The van der Waals surface area contributed by atoms with Crippen LogP contribution in [-0.4, -0.2) is 21.0 Å². The highest BCUT2D eigenvalue weighted by Gasteiger charge is 2.14. The monoisotopic (exact) mass is 341 g/mol. The number of carbonyl (C=O) groups is 1. The van der Waals surface area contributed by atoms with Crippen LogP contribution in [0.15, 0.2) is 79.1 Å². The van der Waals surface area contributed by atoms with E-state index < -0.39 is 0 Å². The van der Waals surface area contributed by atoms with Crippen LogP contribution in [-0.2, 0) is 0 Å². The van der Waals surface area contributed by atoms with Crippen molar-refractivity contribution in [2.24, 2.45) is 0 Å². The molecule has 2 N–H and O–H groups in total. The highest BCUT2D eigenvalue weighted by molar-refractivity contribution is 6.13. The Balaban J connectivity index is 1.79. The van der Waals surface area contributed by atoms with Crippen molar-refractivity contribution >= 4 is 22.5 Å². The average molecular weight is 341 g/mol. The number of benzene rings is 2. The van der Waals surface area contributed by atoms with Crippen LogP contribution in [0.3, 0.4) is 0 Å². The van der Waals surface area contributed by atoms with E-state index >= 15 is 0 Å². The van der Waals surface area contributed by atoms with E-state index in [-0.39, 0.29) is 11.7 Å². The fraction of sp³-hybridized carbons (Fsp3) is 0. The number of rotatable bonds is 3. The Morgan fingerprint density at radius 1 is 0.962 bits per heavy atom. The van der Waals surface area contributed by atoms with E-state index in [0.717, 1.165) is 16.5 Å². The van der Waals surface area contributed by atoms with Gasteiger partial charge in [0.2, 0.25) is 0 Å². The van der Waals surface area contributed by atoms with E-state index in [1.54, 1.807) is 30.6 Å². The number of phenolic OH excluding ortho intramolecular Hbond substituents is 1. The van der Waals surface area contributed by atoms with Gasteiger partial charge in [-0.15, -0.1) is 0 Å². The standard InChI is InChI=1S/C21H15N3O2/c25-16-9-7-15(8-10-16)23-21(26)18-12-20(14-4-3-11-22-13-14)24-19-6-2-1-5-17(18)19/h1-13,25H,(H,23,26). The number of carbonyl (C=O) groups excluding carboxylic acids is 1. The molecule has 0 aliphatic carbocycles. The summed E-state index contributed by atoms with van der Waals surface area (Å²) in [4.78, 5) is 21.7. The third-order valence-electron chi connectivity index (χ3n) is 4.04. The molecule has 0 atom stereocenters. The van der Waals surface area contributed by atoms with Crippen LogP contribution in [0.2, 0.25) is 0 Å². The Hall–Kier alpha value is -3.73. The van der Waals surface area contributed by atoms with Crippen LogP contribution in [0.25, 0.3) is 22.2 Å². The predicted molar refractivity (Wildman–Crippen MR) is 101 cm³/mol. The third-order valence-corrected chi connectivity index (χ3v) is 4.04. The highest BCUT2D eigenvalue weighted by atomic mass is 16.3. The molecule has 2 heterocycles. The second kappa shape index (κ2) is 6.64. The molecule has 0 saturated heterocycles. The van der Waals surface area contributed by atoms with Crippen LogP contribution in [0.1, 0.15) is 10.4 Å². The molecule has 5 nitrogen and oxygen atoms in total.